The van der Waals surface area contributed by atoms with Gasteiger partial charge in [-0.2, -0.15) is 0 Å². The molecule has 1 fully saturated rings. The van der Waals surface area contributed by atoms with Crippen molar-refractivity contribution < 1.29 is 19.1 Å². The van der Waals surface area contributed by atoms with Crippen LogP contribution in [-0.4, -0.2) is 30.4 Å². The van der Waals surface area contributed by atoms with Crippen LogP contribution in [0, 0.1) is 6.92 Å². The molecule has 3 N–H and O–H groups in total. The molecule has 0 spiro atoms. The summed E-state index contributed by atoms with van der Waals surface area (Å²) in [5, 5.41) is 7.25. The molecule has 0 aromatic heterocycles. The molecule has 2 aromatic rings. The summed E-state index contributed by atoms with van der Waals surface area (Å²) < 4.78 is 5.78. The summed E-state index contributed by atoms with van der Waals surface area (Å²) in [5.41, 5.74) is 2.23. The van der Waals surface area contributed by atoms with E-state index in [1.54, 1.807) is 0 Å². The molecule has 7 nitrogen and oxygen atoms in total. The van der Waals surface area contributed by atoms with E-state index in [2.05, 4.69) is 16.0 Å². The van der Waals surface area contributed by atoms with Gasteiger partial charge in [0.25, 0.3) is 5.91 Å². The van der Waals surface area contributed by atoms with Crippen LogP contribution in [0.3, 0.4) is 0 Å². The third-order valence-electron chi connectivity index (χ3n) is 4.16. The van der Waals surface area contributed by atoms with E-state index >= 15 is 0 Å². The summed E-state index contributed by atoms with van der Waals surface area (Å²) >= 11 is 0. The van der Waals surface area contributed by atoms with E-state index < -0.39 is 18.0 Å². The van der Waals surface area contributed by atoms with E-state index in [1.807, 2.05) is 55.5 Å². The number of imide groups is 1. The second kappa shape index (κ2) is 8.35. The first kappa shape index (κ1) is 18.4. The Balaban J connectivity index is 1.42. The fraction of sp³-hybridized carbons (Fsp3) is 0.250. The topological polar surface area (TPSA) is 96.5 Å². The third-order valence-corrected chi connectivity index (χ3v) is 4.16. The SMILES string of the molecule is Cc1ccc(Oc2ccc(CCNC(=O)CC3NC(=O)NC3=O)cc2)cc1. The van der Waals surface area contributed by atoms with Crippen LogP contribution in [0.1, 0.15) is 17.5 Å². The van der Waals surface area contributed by atoms with Crippen molar-refractivity contribution in [1.82, 2.24) is 16.0 Å². The van der Waals surface area contributed by atoms with Crippen molar-refractivity contribution in [2.45, 2.75) is 25.8 Å². The predicted octanol–water partition coefficient (Wildman–Crippen LogP) is 2.04. The number of carbonyl (C=O) groups excluding carboxylic acids is 3. The first-order valence-electron chi connectivity index (χ1n) is 8.71. The number of amides is 4. The minimum Gasteiger partial charge on any atom is -0.457 e. The van der Waals surface area contributed by atoms with E-state index in [4.69, 9.17) is 4.74 Å². The smallest absolute Gasteiger partial charge is 0.322 e. The molecule has 0 radical (unpaired) electrons. The molecule has 1 aliphatic heterocycles. The first-order valence-corrected chi connectivity index (χ1v) is 8.71. The lowest BCUT2D eigenvalue weighted by atomic mass is 10.1. The second-order valence-corrected chi connectivity index (χ2v) is 6.38. The van der Waals surface area contributed by atoms with Crippen LogP contribution in [-0.2, 0) is 16.0 Å². The van der Waals surface area contributed by atoms with E-state index in [-0.39, 0.29) is 12.3 Å². The predicted molar refractivity (Wildman–Crippen MR) is 99.5 cm³/mol. The van der Waals surface area contributed by atoms with Crippen LogP contribution in [0.4, 0.5) is 4.79 Å². The van der Waals surface area contributed by atoms with Crippen LogP contribution in [0.2, 0.25) is 0 Å². The molecular weight excluding hydrogens is 346 g/mol. The Bertz CT molecular complexity index is 831. The Morgan fingerprint density at radius 1 is 1.04 bits per heavy atom. The number of aryl methyl sites for hydroxylation is 1. The highest BCUT2D eigenvalue weighted by atomic mass is 16.5. The molecule has 0 bridgehead atoms. The average Bonchev–Trinajstić information content (AvgIpc) is 2.95. The van der Waals surface area contributed by atoms with E-state index in [0.29, 0.717) is 13.0 Å². The Morgan fingerprint density at radius 2 is 1.67 bits per heavy atom. The van der Waals surface area contributed by atoms with Crippen LogP contribution in [0.25, 0.3) is 0 Å². The Labute approximate surface area is 157 Å². The fourth-order valence-electron chi connectivity index (χ4n) is 2.67. The molecule has 1 atom stereocenters. The van der Waals surface area contributed by atoms with Crippen molar-refractivity contribution in [1.29, 1.82) is 0 Å². The zero-order valence-corrected chi connectivity index (χ0v) is 15.0. The Hall–Kier alpha value is -3.35. The highest BCUT2D eigenvalue weighted by molar-refractivity contribution is 6.05. The molecule has 27 heavy (non-hydrogen) atoms. The number of carbonyl (C=O) groups is 3. The standard InChI is InChI=1S/C20H21N3O4/c1-13-2-6-15(7-3-13)27-16-8-4-14(5-9-16)10-11-21-18(24)12-17-19(25)23-20(26)22-17/h2-9,17H,10-12H2,1H3,(H,21,24)(H2,22,23,25,26). The summed E-state index contributed by atoms with van der Waals surface area (Å²) in [5.74, 6) is 0.772. The summed E-state index contributed by atoms with van der Waals surface area (Å²) in [6.45, 7) is 2.47. The molecule has 3 rings (SSSR count). The van der Waals surface area contributed by atoms with Gasteiger partial charge < -0.3 is 15.4 Å². The van der Waals surface area contributed by atoms with Crippen molar-refractivity contribution in [3.8, 4) is 11.5 Å². The monoisotopic (exact) mass is 367 g/mol. The van der Waals surface area contributed by atoms with Crippen LogP contribution < -0.4 is 20.7 Å². The van der Waals surface area contributed by atoms with Gasteiger partial charge in [0.15, 0.2) is 0 Å². The van der Waals surface area contributed by atoms with E-state index in [1.165, 1.54) is 5.56 Å². The van der Waals surface area contributed by atoms with Gasteiger partial charge in [0.1, 0.15) is 17.5 Å². The van der Waals surface area contributed by atoms with Crippen molar-refractivity contribution >= 4 is 17.8 Å². The number of ether oxygens (including phenoxy) is 1. The Morgan fingerprint density at radius 3 is 2.26 bits per heavy atom. The molecule has 4 amide bonds. The van der Waals surface area contributed by atoms with E-state index in [0.717, 1.165) is 17.1 Å². The molecule has 0 aliphatic carbocycles. The lowest BCUT2D eigenvalue weighted by Crippen LogP contribution is -2.36. The number of hydrogen-bond donors (Lipinski definition) is 3. The molecule has 7 heteroatoms. The van der Waals surface area contributed by atoms with E-state index in [9.17, 15) is 14.4 Å². The number of benzene rings is 2. The van der Waals surface area contributed by atoms with Gasteiger partial charge in [-0.1, -0.05) is 29.8 Å². The van der Waals surface area contributed by atoms with Gasteiger partial charge in [0, 0.05) is 6.54 Å². The van der Waals surface area contributed by atoms with Gasteiger partial charge in [0.05, 0.1) is 6.42 Å². The normalized spacial score (nSPS) is 15.8. The van der Waals surface area contributed by atoms with Gasteiger partial charge in [0.2, 0.25) is 5.91 Å². The Kier molecular flexibility index (Phi) is 5.71. The molecule has 1 unspecified atom stereocenters. The van der Waals surface area contributed by atoms with Crippen LogP contribution in [0.5, 0.6) is 11.5 Å². The maximum Gasteiger partial charge on any atom is 0.322 e. The quantitative estimate of drug-likeness (QED) is 0.653. The van der Waals surface area contributed by atoms with Gasteiger partial charge in [-0.25, -0.2) is 4.79 Å². The van der Waals surface area contributed by atoms with Gasteiger partial charge in [-0.05, 0) is 43.2 Å². The van der Waals surface area contributed by atoms with Crippen molar-refractivity contribution in [2.75, 3.05) is 6.54 Å². The zero-order valence-electron chi connectivity index (χ0n) is 15.0. The van der Waals surface area contributed by atoms with Crippen molar-refractivity contribution in [2.24, 2.45) is 0 Å². The molecule has 2 aromatic carbocycles. The van der Waals surface area contributed by atoms with Gasteiger partial charge in [-0.3, -0.25) is 14.9 Å². The lowest BCUT2D eigenvalue weighted by Gasteiger charge is -2.09. The molecule has 1 heterocycles. The number of urea groups is 1. The minimum atomic E-state index is -0.796. The van der Waals surface area contributed by atoms with Crippen molar-refractivity contribution in [3.63, 3.8) is 0 Å². The fourth-order valence-corrected chi connectivity index (χ4v) is 2.67. The lowest BCUT2D eigenvalue weighted by molar-refractivity contribution is -0.126. The molecule has 0 saturated carbocycles. The maximum atomic E-state index is 11.9. The highest BCUT2D eigenvalue weighted by Crippen LogP contribution is 2.22. The first-order chi connectivity index (χ1) is 13.0. The molecule has 1 aliphatic rings. The number of nitrogens with one attached hydrogen (secondary N) is 3. The highest BCUT2D eigenvalue weighted by Gasteiger charge is 2.30. The second-order valence-electron chi connectivity index (χ2n) is 6.38. The molecule has 1 saturated heterocycles. The van der Waals surface area contributed by atoms with Gasteiger partial charge in [-0.15, -0.1) is 0 Å². The average molecular weight is 367 g/mol. The summed E-state index contributed by atoms with van der Waals surface area (Å²) in [6, 6.07) is 14.1. The molecular formula is C20H21N3O4. The number of rotatable bonds is 7. The summed E-state index contributed by atoms with van der Waals surface area (Å²) in [4.78, 5) is 34.3. The minimum absolute atomic E-state index is 0.0686. The number of hydrogen-bond acceptors (Lipinski definition) is 4. The molecule has 140 valence electrons. The summed E-state index contributed by atoms with van der Waals surface area (Å²) in [7, 11) is 0. The third kappa shape index (κ3) is 5.31. The van der Waals surface area contributed by atoms with Crippen LogP contribution in [0.15, 0.2) is 48.5 Å². The summed E-state index contributed by atoms with van der Waals surface area (Å²) in [6.07, 6.45) is 0.584. The van der Waals surface area contributed by atoms with Crippen molar-refractivity contribution in [3.05, 3.63) is 59.7 Å². The maximum absolute atomic E-state index is 11.9. The van der Waals surface area contributed by atoms with Crippen LogP contribution >= 0.6 is 0 Å². The largest absolute Gasteiger partial charge is 0.457 e. The van der Waals surface area contributed by atoms with Gasteiger partial charge >= 0.3 is 6.03 Å². The zero-order chi connectivity index (χ0) is 19.2.